The molecule has 7 rings (SSSR count). The van der Waals surface area contributed by atoms with Crippen LogP contribution in [0.15, 0.2) is 97.1 Å². The van der Waals surface area contributed by atoms with Gasteiger partial charge in [-0.2, -0.15) is 0 Å². The predicted molar refractivity (Wildman–Crippen MR) is 142 cm³/mol. The summed E-state index contributed by atoms with van der Waals surface area (Å²) in [6, 6.07) is 33.7. The molecule has 0 saturated carbocycles. The van der Waals surface area contributed by atoms with Crippen LogP contribution in [0.25, 0.3) is 0 Å². The van der Waals surface area contributed by atoms with E-state index >= 15 is 0 Å². The number of para-hydroxylation sites is 4. The average Bonchev–Trinajstić information content (AvgIpc) is 3.21. The molecule has 5 aromatic rings. The van der Waals surface area contributed by atoms with Crippen molar-refractivity contribution in [3.8, 4) is 0 Å². The topological polar surface area (TPSA) is 58.0 Å². The summed E-state index contributed by atoms with van der Waals surface area (Å²) in [5.74, 6) is 0.939. The third kappa shape index (κ3) is 3.41. The van der Waals surface area contributed by atoms with Gasteiger partial charge in [-0.3, -0.25) is 9.80 Å². The van der Waals surface area contributed by atoms with Gasteiger partial charge in [-0.15, -0.1) is 20.4 Å². The maximum absolute atomic E-state index is 4.65. The molecule has 6 nitrogen and oxygen atoms in total. The summed E-state index contributed by atoms with van der Waals surface area (Å²) in [4.78, 5) is 4.18. The zero-order valence-corrected chi connectivity index (χ0v) is 19.7. The molecule has 0 unspecified atom stereocenters. The quantitative estimate of drug-likeness (QED) is 0.299. The van der Waals surface area contributed by atoms with Crippen LogP contribution in [0, 0.1) is 0 Å². The van der Waals surface area contributed by atoms with Crippen LogP contribution in [0.2, 0.25) is 0 Å². The minimum absolute atomic E-state index is 0.469. The maximum Gasteiger partial charge on any atom is 0.273 e. The fraction of sp³-hybridized carbons (Fsp3) is 0.133. The van der Waals surface area contributed by atoms with Crippen molar-refractivity contribution >= 4 is 34.6 Å². The molecule has 0 radical (unpaired) electrons. The second kappa shape index (κ2) is 8.57. The van der Waals surface area contributed by atoms with E-state index in [1.165, 1.54) is 22.3 Å². The van der Waals surface area contributed by atoms with E-state index in [-0.39, 0.29) is 0 Å². The van der Waals surface area contributed by atoms with Crippen molar-refractivity contribution in [2.45, 2.75) is 25.7 Å². The van der Waals surface area contributed by atoms with Crippen LogP contribution < -0.4 is 9.80 Å². The molecule has 36 heavy (non-hydrogen) atoms. The van der Waals surface area contributed by atoms with Crippen LogP contribution in [-0.4, -0.2) is 20.4 Å². The first-order chi connectivity index (χ1) is 17.9. The number of hydrogen-bond donors (Lipinski definition) is 0. The lowest BCUT2D eigenvalue weighted by molar-refractivity contribution is 0.834. The van der Waals surface area contributed by atoms with Crippen molar-refractivity contribution in [1.29, 1.82) is 0 Å². The number of fused-ring (bicyclic) bond motifs is 4. The van der Waals surface area contributed by atoms with Crippen molar-refractivity contribution in [3.05, 3.63) is 119 Å². The third-order valence-corrected chi connectivity index (χ3v) is 7.12. The molecule has 0 spiro atoms. The van der Waals surface area contributed by atoms with Gasteiger partial charge in [0.2, 0.25) is 0 Å². The van der Waals surface area contributed by atoms with E-state index in [9.17, 15) is 0 Å². The van der Waals surface area contributed by atoms with Gasteiger partial charge in [0.15, 0.2) is 0 Å². The molecule has 0 fully saturated rings. The molecule has 2 aliphatic heterocycles. The predicted octanol–water partition coefficient (Wildman–Crippen LogP) is 6.40. The Morgan fingerprint density at radius 1 is 0.361 bits per heavy atom. The molecule has 0 atom stereocenters. The number of hydrogen-bond acceptors (Lipinski definition) is 6. The van der Waals surface area contributed by atoms with Gasteiger partial charge < -0.3 is 0 Å². The summed E-state index contributed by atoms with van der Waals surface area (Å²) in [6.07, 6.45) is 3.85. The number of benzene rings is 4. The zero-order chi connectivity index (χ0) is 23.9. The molecule has 1 aromatic heterocycles. The third-order valence-electron chi connectivity index (χ3n) is 7.12. The summed E-state index contributed by atoms with van der Waals surface area (Å²) in [5, 5.41) is 18.6. The van der Waals surface area contributed by atoms with Gasteiger partial charge in [-0.05, 0) is 72.2 Å². The highest BCUT2D eigenvalue weighted by atomic mass is 15.5. The van der Waals surface area contributed by atoms with Gasteiger partial charge in [0, 0.05) is 0 Å². The largest absolute Gasteiger partial charge is 0.276 e. The molecule has 6 heteroatoms. The smallest absolute Gasteiger partial charge is 0.273 e. The van der Waals surface area contributed by atoms with E-state index in [4.69, 9.17) is 0 Å². The average molecular weight is 469 g/mol. The Hall–Kier alpha value is -4.58. The second-order valence-corrected chi connectivity index (χ2v) is 9.19. The molecule has 174 valence electrons. The molecule has 2 aliphatic rings. The van der Waals surface area contributed by atoms with Crippen molar-refractivity contribution < 1.29 is 0 Å². The van der Waals surface area contributed by atoms with Gasteiger partial charge in [0.25, 0.3) is 11.9 Å². The van der Waals surface area contributed by atoms with E-state index in [0.717, 1.165) is 48.4 Å². The lowest BCUT2D eigenvalue weighted by atomic mass is 10.0. The van der Waals surface area contributed by atoms with Crippen LogP contribution in [0.5, 0.6) is 0 Å². The second-order valence-electron chi connectivity index (χ2n) is 9.19. The van der Waals surface area contributed by atoms with Gasteiger partial charge in [0.1, 0.15) is 0 Å². The van der Waals surface area contributed by atoms with Gasteiger partial charge >= 0.3 is 0 Å². The molecule has 0 N–H and O–H groups in total. The molecule has 4 aromatic carbocycles. The molecule has 0 saturated heterocycles. The van der Waals surface area contributed by atoms with E-state index in [2.05, 4.69) is 127 Å². The lowest BCUT2D eigenvalue weighted by Gasteiger charge is -2.26. The Balaban J connectivity index is 1.36. The van der Waals surface area contributed by atoms with Crippen LogP contribution >= 0.6 is 0 Å². The van der Waals surface area contributed by atoms with E-state index in [1.54, 1.807) is 0 Å². The number of rotatable bonds is 2. The minimum atomic E-state index is 0.469. The Bertz CT molecular complexity index is 1350. The van der Waals surface area contributed by atoms with Crippen LogP contribution in [0.1, 0.15) is 22.3 Å². The molecule has 0 bridgehead atoms. The van der Waals surface area contributed by atoms with Crippen molar-refractivity contribution in [1.82, 2.24) is 20.4 Å². The van der Waals surface area contributed by atoms with E-state index in [0.29, 0.717) is 11.9 Å². The Morgan fingerprint density at radius 2 is 0.611 bits per heavy atom. The monoisotopic (exact) mass is 468 g/mol. The number of nitrogens with zero attached hydrogens (tertiary/aromatic N) is 6. The Kier molecular flexibility index (Phi) is 4.94. The van der Waals surface area contributed by atoms with E-state index in [1.807, 2.05) is 0 Å². The molecular weight excluding hydrogens is 444 g/mol. The highest BCUT2D eigenvalue weighted by Gasteiger charge is 2.27. The fourth-order valence-electron chi connectivity index (χ4n) is 5.39. The molecule has 0 amide bonds. The first kappa shape index (κ1) is 20.8. The van der Waals surface area contributed by atoms with Gasteiger partial charge in [-0.1, -0.05) is 72.8 Å². The standard InChI is InChI=1S/C30H24N6/c1-5-13-25-21(9-1)17-18-22-10-2-6-14-26(22)35(25)29-31-33-30(34-32-29)36-27-15-7-3-11-23(27)19-20-24-12-4-8-16-28(24)36/h1-16H,17-20H2. The lowest BCUT2D eigenvalue weighted by Crippen LogP contribution is -2.20. The summed E-state index contributed by atoms with van der Waals surface area (Å²) in [6.45, 7) is 0. The van der Waals surface area contributed by atoms with Crippen LogP contribution in [0.4, 0.5) is 34.6 Å². The van der Waals surface area contributed by atoms with E-state index < -0.39 is 0 Å². The number of aryl methyl sites for hydroxylation is 4. The summed E-state index contributed by atoms with van der Waals surface area (Å²) < 4.78 is 0. The first-order valence-corrected chi connectivity index (χ1v) is 12.4. The summed E-state index contributed by atoms with van der Waals surface area (Å²) >= 11 is 0. The van der Waals surface area contributed by atoms with Crippen molar-refractivity contribution in [3.63, 3.8) is 0 Å². The van der Waals surface area contributed by atoms with Crippen LogP contribution in [-0.2, 0) is 25.7 Å². The molecule has 3 heterocycles. The highest BCUT2D eigenvalue weighted by molar-refractivity contribution is 5.80. The number of aromatic nitrogens is 4. The Labute approximate surface area is 209 Å². The van der Waals surface area contributed by atoms with Gasteiger partial charge in [0.05, 0.1) is 22.7 Å². The van der Waals surface area contributed by atoms with Crippen molar-refractivity contribution in [2.75, 3.05) is 9.80 Å². The van der Waals surface area contributed by atoms with Crippen molar-refractivity contribution in [2.24, 2.45) is 0 Å². The zero-order valence-electron chi connectivity index (χ0n) is 19.7. The maximum atomic E-state index is 4.65. The first-order valence-electron chi connectivity index (χ1n) is 12.4. The molecular formula is C30H24N6. The Morgan fingerprint density at radius 3 is 0.889 bits per heavy atom. The summed E-state index contributed by atoms with van der Waals surface area (Å²) in [5.41, 5.74) is 9.34. The van der Waals surface area contributed by atoms with Gasteiger partial charge in [-0.25, -0.2) is 0 Å². The summed E-state index contributed by atoms with van der Waals surface area (Å²) in [7, 11) is 0. The minimum Gasteiger partial charge on any atom is -0.276 e. The molecule has 0 aliphatic carbocycles. The fourth-order valence-corrected chi connectivity index (χ4v) is 5.39. The highest BCUT2D eigenvalue weighted by Crippen LogP contribution is 2.42. The number of anilines is 6. The normalized spacial score (nSPS) is 14.1. The van der Waals surface area contributed by atoms with Crippen LogP contribution in [0.3, 0.4) is 0 Å². The SMILES string of the molecule is c1ccc2c(c1)CCc1ccccc1N2c1nnc(N2c3ccccc3CCc3ccccc32)nn1.